The first-order valence-electron chi connectivity index (χ1n) is 3.36. The molecule has 4 nitrogen and oxygen atoms in total. The number of rotatable bonds is 4. The van der Waals surface area contributed by atoms with Crippen LogP contribution in [0.4, 0.5) is 0 Å². The van der Waals surface area contributed by atoms with E-state index in [9.17, 15) is 0 Å². The normalized spacial score (nSPS) is 15.6. The lowest BCUT2D eigenvalue weighted by Gasteiger charge is -2.12. The second-order valence-electron chi connectivity index (χ2n) is 2.52. The van der Waals surface area contributed by atoms with Gasteiger partial charge in [-0.3, -0.25) is 0 Å². The third kappa shape index (κ3) is 7.84. The number of nitrogens with one attached hydrogen (secondary N) is 1. The molecule has 0 aliphatic heterocycles. The van der Waals surface area contributed by atoms with Crippen molar-refractivity contribution in [3.63, 3.8) is 0 Å². The summed E-state index contributed by atoms with van der Waals surface area (Å²) in [6.45, 7) is 5.53. The van der Waals surface area contributed by atoms with E-state index in [0.717, 1.165) is 6.54 Å². The summed E-state index contributed by atoms with van der Waals surface area (Å²) in [4.78, 5) is 0. The molecule has 0 aromatic carbocycles. The van der Waals surface area contributed by atoms with E-state index in [0.29, 0.717) is 12.6 Å². The van der Waals surface area contributed by atoms with Gasteiger partial charge in [0.05, 0.1) is 0 Å². The van der Waals surface area contributed by atoms with E-state index in [-0.39, 0.29) is 12.2 Å². The lowest BCUT2D eigenvalue weighted by atomic mass is 10.3. The van der Waals surface area contributed by atoms with Gasteiger partial charge in [-0.25, -0.2) is 0 Å². The van der Waals surface area contributed by atoms with Gasteiger partial charge in [0.15, 0.2) is 0 Å². The molecule has 0 radical (unpaired) electrons. The summed E-state index contributed by atoms with van der Waals surface area (Å²) < 4.78 is 0. The summed E-state index contributed by atoms with van der Waals surface area (Å²) in [6, 6.07) is 0.606. The lowest BCUT2D eigenvalue weighted by molar-refractivity contribution is 0.523. The zero-order chi connectivity index (χ0) is 7.28. The van der Waals surface area contributed by atoms with Gasteiger partial charge in [0.25, 0.3) is 0 Å². The second-order valence-corrected chi connectivity index (χ2v) is 2.52. The smallest absolute Gasteiger partial charge is 0.0162 e. The van der Waals surface area contributed by atoms with Gasteiger partial charge in [-0.05, 0) is 13.8 Å². The van der Waals surface area contributed by atoms with Crippen molar-refractivity contribution in [3.05, 3.63) is 0 Å². The molecule has 0 amide bonds. The second kappa shape index (κ2) is 6.95. The van der Waals surface area contributed by atoms with Crippen LogP contribution in [0.3, 0.4) is 0 Å². The van der Waals surface area contributed by atoms with E-state index in [1.165, 1.54) is 0 Å². The molecule has 0 rings (SSSR count). The van der Waals surface area contributed by atoms with E-state index in [2.05, 4.69) is 5.32 Å². The average Bonchev–Trinajstić information content (AvgIpc) is 1.83. The van der Waals surface area contributed by atoms with Crippen LogP contribution in [-0.4, -0.2) is 25.2 Å². The van der Waals surface area contributed by atoms with Crippen molar-refractivity contribution in [2.24, 2.45) is 11.5 Å². The molecule has 2 atom stereocenters. The number of hydrogen-bond donors (Lipinski definition) is 4. The molecule has 0 aliphatic carbocycles. The Kier molecular flexibility index (Phi) is 8.70. The zero-order valence-electron chi connectivity index (χ0n) is 6.93. The summed E-state index contributed by atoms with van der Waals surface area (Å²) >= 11 is 0. The molecule has 8 N–H and O–H groups in total. The van der Waals surface area contributed by atoms with Crippen LogP contribution in [-0.2, 0) is 0 Å². The van der Waals surface area contributed by atoms with Crippen molar-refractivity contribution in [2.75, 3.05) is 13.1 Å². The number of hydrogen-bond acceptors (Lipinski definition) is 4. The van der Waals surface area contributed by atoms with Crippen LogP contribution < -0.4 is 22.9 Å². The third-order valence-electron chi connectivity index (χ3n) is 1.14. The van der Waals surface area contributed by atoms with Crippen molar-refractivity contribution in [3.8, 4) is 0 Å². The van der Waals surface area contributed by atoms with Crippen LogP contribution >= 0.6 is 0 Å². The van der Waals surface area contributed by atoms with Crippen LogP contribution in [0.15, 0.2) is 0 Å². The lowest BCUT2D eigenvalue weighted by Crippen LogP contribution is -2.40. The van der Waals surface area contributed by atoms with E-state index >= 15 is 0 Å². The summed E-state index contributed by atoms with van der Waals surface area (Å²) in [5.41, 5.74) is 10.8. The van der Waals surface area contributed by atoms with Crippen molar-refractivity contribution >= 4 is 0 Å². The van der Waals surface area contributed by atoms with Gasteiger partial charge in [0.2, 0.25) is 0 Å². The van der Waals surface area contributed by atoms with Gasteiger partial charge in [0, 0.05) is 25.2 Å². The highest BCUT2D eigenvalue weighted by molar-refractivity contribution is 4.64. The van der Waals surface area contributed by atoms with Gasteiger partial charge in [-0.15, -0.1) is 0 Å². The Morgan fingerprint density at radius 3 is 2.20 bits per heavy atom. The van der Waals surface area contributed by atoms with E-state index in [1.807, 2.05) is 13.8 Å². The van der Waals surface area contributed by atoms with Crippen molar-refractivity contribution in [2.45, 2.75) is 25.9 Å². The first-order valence-corrected chi connectivity index (χ1v) is 3.36. The highest BCUT2D eigenvalue weighted by Crippen LogP contribution is 1.76. The molecule has 0 aromatic heterocycles. The Hall–Kier alpha value is -0.160. The molecular formula is C6H20N4. The van der Waals surface area contributed by atoms with Gasteiger partial charge in [-0.2, -0.15) is 0 Å². The molecule has 0 heterocycles. The standard InChI is InChI=1S/C6H17N3.H3N/c1-5(8)4-9-6(2)3-7;/h5-6,9H,3-4,7-8H2,1-2H3;1H3. The average molecular weight is 148 g/mol. The van der Waals surface area contributed by atoms with E-state index in [1.54, 1.807) is 0 Å². The molecule has 0 spiro atoms. The maximum absolute atomic E-state index is 5.49. The fourth-order valence-electron chi connectivity index (χ4n) is 0.470. The van der Waals surface area contributed by atoms with Crippen LogP contribution in [0, 0.1) is 0 Å². The molecule has 0 bridgehead atoms. The summed E-state index contributed by atoms with van der Waals surface area (Å²) in [5, 5.41) is 3.18. The van der Waals surface area contributed by atoms with E-state index < -0.39 is 0 Å². The molecule has 0 fully saturated rings. The van der Waals surface area contributed by atoms with Crippen LogP contribution in [0.1, 0.15) is 13.8 Å². The molecular weight excluding hydrogens is 128 g/mol. The van der Waals surface area contributed by atoms with Crippen molar-refractivity contribution < 1.29 is 0 Å². The Morgan fingerprint density at radius 2 is 1.90 bits per heavy atom. The summed E-state index contributed by atoms with van der Waals surface area (Å²) in [7, 11) is 0. The third-order valence-corrected chi connectivity index (χ3v) is 1.14. The molecule has 0 aliphatic rings. The topological polar surface area (TPSA) is 99.1 Å². The van der Waals surface area contributed by atoms with Gasteiger partial charge < -0.3 is 22.9 Å². The molecule has 0 saturated carbocycles. The highest BCUT2D eigenvalue weighted by atomic mass is 14.9. The summed E-state index contributed by atoms with van der Waals surface area (Å²) in [5.74, 6) is 0. The fraction of sp³-hybridized carbons (Fsp3) is 1.00. The minimum atomic E-state index is 0. The minimum absolute atomic E-state index is 0. The molecule has 2 unspecified atom stereocenters. The molecule has 0 saturated heterocycles. The van der Waals surface area contributed by atoms with Crippen LogP contribution in [0.25, 0.3) is 0 Å². The van der Waals surface area contributed by atoms with Crippen molar-refractivity contribution in [1.82, 2.24) is 11.5 Å². The molecule has 10 heavy (non-hydrogen) atoms. The molecule has 64 valence electrons. The zero-order valence-corrected chi connectivity index (χ0v) is 6.93. The Bertz CT molecular complexity index is 64.8. The van der Waals surface area contributed by atoms with Crippen LogP contribution in [0.2, 0.25) is 0 Å². The predicted octanol–water partition coefficient (Wildman–Crippen LogP) is -0.568. The van der Waals surface area contributed by atoms with Gasteiger partial charge >= 0.3 is 0 Å². The first kappa shape index (κ1) is 12.5. The maximum Gasteiger partial charge on any atom is 0.0162 e. The predicted molar refractivity (Wildman–Crippen MR) is 45.2 cm³/mol. The SMILES string of the molecule is CC(N)CNC(C)CN.N. The Labute approximate surface area is 62.9 Å². The first-order chi connectivity index (χ1) is 4.16. The largest absolute Gasteiger partial charge is 0.344 e. The van der Waals surface area contributed by atoms with E-state index in [4.69, 9.17) is 11.5 Å². The monoisotopic (exact) mass is 148 g/mol. The minimum Gasteiger partial charge on any atom is -0.344 e. The van der Waals surface area contributed by atoms with Crippen molar-refractivity contribution in [1.29, 1.82) is 0 Å². The van der Waals surface area contributed by atoms with Gasteiger partial charge in [-0.1, -0.05) is 0 Å². The van der Waals surface area contributed by atoms with Gasteiger partial charge in [0.1, 0.15) is 0 Å². The maximum atomic E-state index is 5.49. The fourth-order valence-corrected chi connectivity index (χ4v) is 0.470. The summed E-state index contributed by atoms with van der Waals surface area (Å²) in [6.07, 6.45) is 0. The number of nitrogens with two attached hydrogens (primary N) is 2. The van der Waals surface area contributed by atoms with Crippen LogP contribution in [0.5, 0.6) is 0 Å². The molecule has 0 aromatic rings. The Morgan fingerprint density at radius 1 is 1.40 bits per heavy atom. The highest BCUT2D eigenvalue weighted by Gasteiger charge is 1.97. The molecule has 4 heteroatoms. The Balaban J connectivity index is 0. The quantitative estimate of drug-likeness (QED) is 0.429.